The molecule has 0 unspecified atom stereocenters. The third kappa shape index (κ3) is 4.31. The van der Waals surface area contributed by atoms with E-state index in [-0.39, 0.29) is 12.4 Å². The van der Waals surface area contributed by atoms with Crippen LogP contribution in [-0.2, 0) is 13.1 Å². The first-order chi connectivity index (χ1) is 9.78. The van der Waals surface area contributed by atoms with Crippen LogP contribution in [0.1, 0.15) is 11.3 Å². The molecule has 6 heteroatoms. The molecule has 0 atom stereocenters. The Labute approximate surface area is 130 Å². The summed E-state index contributed by atoms with van der Waals surface area (Å²) in [5.41, 5.74) is 0.997. The maximum Gasteiger partial charge on any atom is 0.164 e. The van der Waals surface area contributed by atoms with Crippen LogP contribution in [0.5, 0.6) is 17.2 Å². The molecule has 1 heterocycles. The fraction of sp³-hybridized carbons (Fsp3) is 0.333. The molecule has 2 aromatic rings. The molecule has 0 spiro atoms. The van der Waals surface area contributed by atoms with Gasteiger partial charge in [-0.05, 0) is 18.2 Å². The number of ether oxygens (including phenoxy) is 3. The van der Waals surface area contributed by atoms with Gasteiger partial charge in [0.25, 0.3) is 0 Å². The van der Waals surface area contributed by atoms with Crippen molar-refractivity contribution in [1.82, 2.24) is 5.32 Å². The molecule has 0 fully saturated rings. The first-order valence-corrected chi connectivity index (χ1v) is 6.30. The predicted octanol–water partition coefficient (Wildman–Crippen LogP) is 3.02. The number of rotatable bonds is 7. The van der Waals surface area contributed by atoms with Gasteiger partial charge < -0.3 is 23.9 Å². The molecule has 1 aromatic heterocycles. The Kier molecular flexibility index (Phi) is 6.91. The first kappa shape index (κ1) is 17.2. The normalized spacial score (nSPS) is 9.86. The van der Waals surface area contributed by atoms with Gasteiger partial charge in [0.15, 0.2) is 11.5 Å². The quantitative estimate of drug-likeness (QED) is 0.851. The van der Waals surface area contributed by atoms with Crippen molar-refractivity contribution in [2.45, 2.75) is 13.1 Å². The van der Waals surface area contributed by atoms with Gasteiger partial charge in [0.05, 0.1) is 34.1 Å². The largest absolute Gasteiger partial charge is 0.496 e. The molecule has 1 N–H and O–H groups in total. The van der Waals surface area contributed by atoms with E-state index in [1.807, 2.05) is 24.3 Å². The Hall–Kier alpha value is -1.85. The molecule has 0 radical (unpaired) electrons. The van der Waals surface area contributed by atoms with E-state index in [9.17, 15) is 0 Å². The standard InChI is InChI=1S/C15H19NO4.ClH/c1-17-13-8-15(19-3)14(18-2)7-11(13)9-16-10-12-5-4-6-20-12;/h4-8,16H,9-10H2,1-3H3;1H. The monoisotopic (exact) mass is 313 g/mol. The fourth-order valence-corrected chi connectivity index (χ4v) is 1.96. The van der Waals surface area contributed by atoms with Crippen molar-refractivity contribution in [1.29, 1.82) is 0 Å². The minimum Gasteiger partial charge on any atom is -0.496 e. The molecular formula is C15H20ClNO4. The van der Waals surface area contributed by atoms with E-state index in [0.717, 1.165) is 17.1 Å². The Morgan fingerprint density at radius 3 is 2.19 bits per heavy atom. The third-order valence-electron chi connectivity index (χ3n) is 2.98. The lowest BCUT2D eigenvalue weighted by Gasteiger charge is -2.14. The van der Waals surface area contributed by atoms with E-state index in [1.165, 1.54) is 0 Å². The van der Waals surface area contributed by atoms with Crippen LogP contribution in [0.2, 0.25) is 0 Å². The Balaban J connectivity index is 0.00000220. The molecule has 2 rings (SSSR count). The van der Waals surface area contributed by atoms with Crippen LogP contribution in [0, 0.1) is 0 Å². The highest BCUT2D eigenvalue weighted by atomic mass is 35.5. The minimum atomic E-state index is 0. The van der Waals surface area contributed by atoms with Crippen molar-refractivity contribution in [2.75, 3.05) is 21.3 Å². The highest BCUT2D eigenvalue weighted by Gasteiger charge is 2.11. The minimum absolute atomic E-state index is 0. The third-order valence-corrected chi connectivity index (χ3v) is 2.98. The fourth-order valence-electron chi connectivity index (χ4n) is 1.96. The SMILES string of the molecule is COc1cc(OC)c(OC)cc1CNCc1ccco1.Cl. The number of hydrogen-bond donors (Lipinski definition) is 1. The second-order valence-corrected chi connectivity index (χ2v) is 4.20. The number of hydrogen-bond acceptors (Lipinski definition) is 5. The van der Waals surface area contributed by atoms with Gasteiger partial charge in [-0.25, -0.2) is 0 Å². The number of nitrogens with one attached hydrogen (secondary N) is 1. The Bertz CT molecular complexity index is 543. The summed E-state index contributed by atoms with van der Waals surface area (Å²) in [4.78, 5) is 0. The number of halogens is 1. The lowest BCUT2D eigenvalue weighted by atomic mass is 10.1. The highest BCUT2D eigenvalue weighted by molar-refractivity contribution is 5.85. The van der Waals surface area contributed by atoms with Gasteiger partial charge in [0, 0.05) is 18.2 Å². The molecule has 0 saturated heterocycles. The lowest BCUT2D eigenvalue weighted by Crippen LogP contribution is -2.13. The van der Waals surface area contributed by atoms with Gasteiger partial charge in [0.2, 0.25) is 0 Å². The first-order valence-electron chi connectivity index (χ1n) is 6.30. The van der Waals surface area contributed by atoms with Crippen LogP contribution >= 0.6 is 12.4 Å². The molecule has 1 aromatic carbocycles. The molecule has 21 heavy (non-hydrogen) atoms. The molecular weight excluding hydrogens is 294 g/mol. The van der Waals surface area contributed by atoms with Gasteiger partial charge in [-0.1, -0.05) is 0 Å². The maximum atomic E-state index is 5.38. The van der Waals surface area contributed by atoms with Crippen molar-refractivity contribution in [3.8, 4) is 17.2 Å². The van der Waals surface area contributed by atoms with Gasteiger partial charge in [0.1, 0.15) is 11.5 Å². The smallest absolute Gasteiger partial charge is 0.164 e. The van der Waals surface area contributed by atoms with Crippen LogP contribution < -0.4 is 19.5 Å². The summed E-state index contributed by atoms with van der Waals surface area (Å²) in [7, 11) is 4.85. The molecule has 0 amide bonds. The van der Waals surface area contributed by atoms with Crippen molar-refractivity contribution in [3.63, 3.8) is 0 Å². The van der Waals surface area contributed by atoms with Gasteiger partial charge in [-0.15, -0.1) is 12.4 Å². The van der Waals surface area contributed by atoms with E-state index in [1.54, 1.807) is 27.6 Å². The topological polar surface area (TPSA) is 52.9 Å². The number of benzene rings is 1. The second kappa shape index (κ2) is 8.44. The van der Waals surface area contributed by atoms with Crippen LogP contribution in [0.15, 0.2) is 34.9 Å². The average molecular weight is 314 g/mol. The molecule has 0 aliphatic heterocycles. The van der Waals surface area contributed by atoms with Gasteiger partial charge in [-0.2, -0.15) is 0 Å². The zero-order valence-corrected chi connectivity index (χ0v) is 13.2. The van der Waals surface area contributed by atoms with Gasteiger partial charge in [-0.3, -0.25) is 0 Å². The summed E-state index contributed by atoms with van der Waals surface area (Å²) < 4.78 is 21.2. The molecule has 0 aliphatic carbocycles. The molecule has 0 saturated carbocycles. The number of furan rings is 1. The summed E-state index contributed by atoms with van der Waals surface area (Å²) in [5, 5.41) is 3.30. The second-order valence-electron chi connectivity index (χ2n) is 4.20. The van der Waals surface area contributed by atoms with Crippen LogP contribution in [0.4, 0.5) is 0 Å². The van der Waals surface area contributed by atoms with Crippen molar-refractivity contribution < 1.29 is 18.6 Å². The molecule has 0 bridgehead atoms. The zero-order chi connectivity index (χ0) is 14.4. The van der Waals surface area contributed by atoms with Crippen molar-refractivity contribution >= 4 is 12.4 Å². The summed E-state index contributed by atoms with van der Waals surface area (Å²) in [6, 6.07) is 7.53. The van der Waals surface area contributed by atoms with Crippen LogP contribution in [-0.4, -0.2) is 21.3 Å². The predicted molar refractivity (Wildman–Crippen MR) is 82.6 cm³/mol. The lowest BCUT2D eigenvalue weighted by molar-refractivity contribution is 0.347. The van der Waals surface area contributed by atoms with E-state index < -0.39 is 0 Å². The average Bonchev–Trinajstić information content (AvgIpc) is 2.99. The maximum absolute atomic E-state index is 5.38. The zero-order valence-electron chi connectivity index (χ0n) is 12.3. The van der Waals surface area contributed by atoms with E-state index in [0.29, 0.717) is 24.6 Å². The van der Waals surface area contributed by atoms with Crippen LogP contribution in [0.25, 0.3) is 0 Å². The summed E-state index contributed by atoms with van der Waals surface area (Å²) in [6.45, 7) is 1.30. The van der Waals surface area contributed by atoms with Crippen LogP contribution in [0.3, 0.4) is 0 Å². The summed E-state index contributed by atoms with van der Waals surface area (Å²) in [5.74, 6) is 2.99. The summed E-state index contributed by atoms with van der Waals surface area (Å²) >= 11 is 0. The van der Waals surface area contributed by atoms with E-state index in [4.69, 9.17) is 18.6 Å². The number of methoxy groups -OCH3 is 3. The van der Waals surface area contributed by atoms with E-state index in [2.05, 4.69) is 5.32 Å². The molecule has 0 aliphatic rings. The van der Waals surface area contributed by atoms with E-state index >= 15 is 0 Å². The molecule has 5 nitrogen and oxygen atoms in total. The van der Waals surface area contributed by atoms with Crippen molar-refractivity contribution in [2.24, 2.45) is 0 Å². The Morgan fingerprint density at radius 1 is 0.952 bits per heavy atom. The summed E-state index contributed by atoms with van der Waals surface area (Å²) in [6.07, 6.45) is 1.66. The van der Waals surface area contributed by atoms with Gasteiger partial charge >= 0.3 is 0 Å². The highest BCUT2D eigenvalue weighted by Crippen LogP contribution is 2.34. The Morgan fingerprint density at radius 2 is 1.62 bits per heavy atom. The molecule has 116 valence electrons. The van der Waals surface area contributed by atoms with Crippen molar-refractivity contribution in [3.05, 3.63) is 41.9 Å².